The molecule has 2 aliphatic rings. The Balaban J connectivity index is 1.81. The molecule has 2 atom stereocenters. The number of carbonyl (C=O) groups excluding carboxylic acids is 2. The zero-order valence-electron chi connectivity index (χ0n) is 12.4. The Kier molecular flexibility index (Phi) is 4.47. The number of carbonyl (C=O) groups is 2. The fourth-order valence-electron chi connectivity index (χ4n) is 2.69. The van der Waals surface area contributed by atoms with E-state index in [4.69, 9.17) is 16.3 Å². The van der Waals surface area contributed by atoms with E-state index in [0.29, 0.717) is 38.5 Å². The van der Waals surface area contributed by atoms with Gasteiger partial charge in [-0.15, -0.1) is 11.6 Å². The van der Waals surface area contributed by atoms with Crippen molar-refractivity contribution in [2.75, 3.05) is 26.2 Å². The van der Waals surface area contributed by atoms with Gasteiger partial charge in [0.05, 0.1) is 5.38 Å². The summed E-state index contributed by atoms with van der Waals surface area (Å²) in [6.07, 6.45) is 1.09. The molecule has 0 bridgehead atoms. The zero-order chi connectivity index (χ0) is 14.9. The maximum Gasteiger partial charge on any atom is 0.410 e. The van der Waals surface area contributed by atoms with Crippen molar-refractivity contribution in [2.24, 2.45) is 5.92 Å². The second-order valence-corrected chi connectivity index (χ2v) is 7.30. The molecule has 0 aromatic rings. The second-order valence-electron chi connectivity index (χ2n) is 6.68. The molecular formula is C14H23ClN2O3. The van der Waals surface area contributed by atoms with Gasteiger partial charge in [-0.05, 0) is 33.1 Å². The summed E-state index contributed by atoms with van der Waals surface area (Å²) in [5.74, 6) is 0.453. The van der Waals surface area contributed by atoms with Gasteiger partial charge in [-0.1, -0.05) is 0 Å². The van der Waals surface area contributed by atoms with Crippen LogP contribution in [-0.4, -0.2) is 59.0 Å². The van der Waals surface area contributed by atoms with Crippen molar-refractivity contribution < 1.29 is 14.3 Å². The maximum atomic E-state index is 12.0. The molecule has 0 saturated carbocycles. The fourth-order valence-corrected chi connectivity index (χ4v) is 2.98. The number of rotatable bonds is 2. The molecule has 0 aromatic heterocycles. The lowest BCUT2D eigenvalue weighted by atomic mass is 10.1. The highest BCUT2D eigenvalue weighted by Crippen LogP contribution is 2.23. The smallest absolute Gasteiger partial charge is 0.410 e. The summed E-state index contributed by atoms with van der Waals surface area (Å²) >= 11 is 5.99. The molecule has 0 aliphatic carbocycles. The van der Waals surface area contributed by atoms with Gasteiger partial charge in [-0.2, -0.15) is 0 Å². The van der Waals surface area contributed by atoms with Crippen LogP contribution in [0.1, 0.15) is 33.6 Å². The number of nitrogens with zero attached hydrogens (tertiary/aromatic N) is 2. The van der Waals surface area contributed by atoms with Gasteiger partial charge in [-0.3, -0.25) is 4.79 Å². The summed E-state index contributed by atoms with van der Waals surface area (Å²) in [5.41, 5.74) is -0.466. The molecule has 2 rings (SSSR count). The van der Waals surface area contributed by atoms with Crippen LogP contribution >= 0.6 is 11.6 Å². The molecule has 0 spiro atoms. The van der Waals surface area contributed by atoms with Gasteiger partial charge in [0, 0.05) is 32.6 Å². The van der Waals surface area contributed by atoms with Crippen LogP contribution in [0.5, 0.6) is 0 Å². The molecule has 2 aliphatic heterocycles. The molecule has 6 heteroatoms. The van der Waals surface area contributed by atoms with E-state index in [0.717, 1.165) is 6.42 Å². The number of ether oxygens (including phenoxy) is 1. The number of halogens is 1. The summed E-state index contributed by atoms with van der Waals surface area (Å²) in [5, 5.41) is -0.0640. The lowest BCUT2D eigenvalue weighted by molar-refractivity contribution is -0.128. The minimum absolute atomic E-state index is 0.0640. The first-order chi connectivity index (χ1) is 9.24. The first-order valence-electron chi connectivity index (χ1n) is 7.14. The molecule has 1 unspecified atom stereocenters. The van der Waals surface area contributed by atoms with E-state index in [1.54, 1.807) is 4.90 Å². The number of alkyl halides is 1. The molecule has 2 saturated heterocycles. The summed E-state index contributed by atoms with van der Waals surface area (Å²) in [6.45, 7) is 8.27. The normalized spacial score (nSPS) is 27.3. The zero-order valence-corrected chi connectivity index (χ0v) is 13.2. The Labute approximate surface area is 125 Å². The van der Waals surface area contributed by atoms with Crippen LogP contribution in [0.15, 0.2) is 0 Å². The van der Waals surface area contributed by atoms with Gasteiger partial charge >= 0.3 is 6.09 Å². The van der Waals surface area contributed by atoms with Gasteiger partial charge < -0.3 is 14.5 Å². The quantitative estimate of drug-likeness (QED) is 0.734. The topological polar surface area (TPSA) is 49.9 Å². The molecular weight excluding hydrogens is 280 g/mol. The lowest BCUT2D eigenvalue weighted by Gasteiger charge is -2.25. The highest BCUT2D eigenvalue weighted by molar-refractivity contribution is 6.22. The van der Waals surface area contributed by atoms with Crippen LogP contribution in [0.4, 0.5) is 4.79 Å². The van der Waals surface area contributed by atoms with Crippen LogP contribution in [0.3, 0.4) is 0 Å². The molecule has 2 amide bonds. The molecule has 20 heavy (non-hydrogen) atoms. The summed E-state index contributed by atoms with van der Waals surface area (Å²) in [7, 11) is 0. The molecule has 2 heterocycles. The minimum Gasteiger partial charge on any atom is -0.444 e. The average molecular weight is 303 g/mol. The second kappa shape index (κ2) is 5.80. The van der Waals surface area contributed by atoms with E-state index in [9.17, 15) is 9.59 Å². The van der Waals surface area contributed by atoms with Crippen LogP contribution < -0.4 is 0 Å². The van der Waals surface area contributed by atoms with Gasteiger partial charge in [0.2, 0.25) is 5.91 Å². The number of hydrogen-bond acceptors (Lipinski definition) is 3. The third kappa shape index (κ3) is 4.01. The SMILES string of the molecule is CC(C)(C)OC(=O)N1CC[C@H](CN2CC(Cl)CC2=O)C1. The van der Waals surface area contributed by atoms with Gasteiger partial charge in [0.25, 0.3) is 0 Å². The van der Waals surface area contributed by atoms with Gasteiger partial charge in [0.1, 0.15) is 5.60 Å². The van der Waals surface area contributed by atoms with Gasteiger partial charge in [-0.25, -0.2) is 4.79 Å². The Hall–Kier alpha value is -0.970. The third-order valence-electron chi connectivity index (χ3n) is 3.58. The van der Waals surface area contributed by atoms with Crippen molar-refractivity contribution in [1.82, 2.24) is 9.80 Å². The van der Waals surface area contributed by atoms with Crippen LogP contribution in [-0.2, 0) is 9.53 Å². The Morgan fingerprint density at radius 3 is 2.65 bits per heavy atom. The number of likely N-dealkylation sites (tertiary alicyclic amines) is 2. The van der Waals surface area contributed by atoms with Crippen LogP contribution in [0.25, 0.3) is 0 Å². The first-order valence-corrected chi connectivity index (χ1v) is 7.58. The van der Waals surface area contributed by atoms with E-state index >= 15 is 0 Å². The predicted molar refractivity (Wildman–Crippen MR) is 76.8 cm³/mol. The van der Waals surface area contributed by atoms with Crippen LogP contribution in [0.2, 0.25) is 0 Å². The van der Waals surface area contributed by atoms with Gasteiger partial charge in [0.15, 0.2) is 0 Å². The molecule has 5 nitrogen and oxygen atoms in total. The summed E-state index contributed by atoms with van der Waals surface area (Å²) in [4.78, 5) is 27.2. The van der Waals surface area contributed by atoms with Crippen molar-refractivity contribution in [1.29, 1.82) is 0 Å². The summed E-state index contributed by atoms with van der Waals surface area (Å²) < 4.78 is 5.36. The lowest BCUT2D eigenvalue weighted by Crippen LogP contribution is -2.37. The molecule has 0 radical (unpaired) electrons. The van der Waals surface area contributed by atoms with Crippen molar-refractivity contribution in [2.45, 2.75) is 44.6 Å². The molecule has 2 fully saturated rings. The minimum atomic E-state index is -0.466. The molecule has 0 N–H and O–H groups in total. The van der Waals surface area contributed by atoms with Crippen LogP contribution in [0, 0.1) is 5.92 Å². The van der Waals surface area contributed by atoms with Crippen molar-refractivity contribution in [3.63, 3.8) is 0 Å². The fraction of sp³-hybridized carbons (Fsp3) is 0.857. The highest BCUT2D eigenvalue weighted by Gasteiger charge is 2.34. The Morgan fingerprint density at radius 1 is 1.40 bits per heavy atom. The maximum absolute atomic E-state index is 12.0. The van der Waals surface area contributed by atoms with E-state index in [-0.39, 0.29) is 17.4 Å². The van der Waals surface area contributed by atoms with E-state index in [2.05, 4.69) is 0 Å². The first kappa shape index (κ1) is 15.4. The van der Waals surface area contributed by atoms with Crippen molar-refractivity contribution in [3.8, 4) is 0 Å². The molecule has 114 valence electrons. The number of amides is 2. The van der Waals surface area contributed by atoms with Crippen molar-refractivity contribution in [3.05, 3.63) is 0 Å². The molecule has 0 aromatic carbocycles. The third-order valence-corrected chi connectivity index (χ3v) is 3.88. The monoisotopic (exact) mass is 302 g/mol. The number of hydrogen-bond donors (Lipinski definition) is 0. The summed E-state index contributed by atoms with van der Waals surface area (Å²) in [6, 6.07) is 0. The Bertz CT molecular complexity index is 394. The average Bonchev–Trinajstić information content (AvgIpc) is 2.85. The van der Waals surface area contributed by atoms with Crippen molar-refractivity contribution >= 4 is 23.6 Å². The predicted octanol–water partition coefficient (Wildman–Crippen LogP) is 2.08. The highest BCUT2D eigenvalue weighted by atomic mass is 35.5. The standard InChI is InChI=1S/C14H23ClN2O3/c1-14(2,3)20-13(19)16-5-4-10(7-16)8-17-9-11(15)6-12(17)18/h10-11H,4-9H2,1-3H3/t10-,11?/m0/s1. The largest absolute Gasteiger partial charge is 0.444 e. The van der Waals surface area contributed by atoms with E-state index < -0.39 is 5.60 Å². The Morgan fingerprint density at radius 2 is 2.10 bits per heavy atom. The van der Waals surface area contributed by atoms with E-state index in [1.165, 1.54) is 0 Å². The van der Waals surface area contributed by atoms with E-state index in [1.807, 2.05) is 25.7 Å².